The Bertz CT molecular complexity index is 926. The molecule has 1 aliphatic carbocycles. The molecule has 0 N–H and O–H groups in total. The van der Waals surface area contributed by atoms with Crippen molar-refractivity contribution in [3.05, 3.63) is 59.7 Å². The van der Waals surface area contributed by atoms with E-state index in [0.717, 1.165) is 24.8 Å². The average Bonchev–Trinajstić information content (AvgIpc) is 3.46. The molecule has 1 saturated heterocycles. The van der Waals surface area contributed by atoms with E-state index >= 15 is 0 Å². The van der Waals surface area contributed by atoms with Crippen LogP contribution in [0.4, 0.5) is 0 Å². The summed E-state index contributed by atoms with van der Waals surface area (Å²) in [6.45, 7) is 1.14. The van der Waals surface area contributed by atoms with E-state index in [2.05, 4.69) is 0 Å². The Morgan fingerprint density at radius 3 is 2.37 bits per heavy atom. The first kappa shape index (κ1) is 20.2. The van der Waals surface area contributed by atoms with Gasteiger partial charge in [-0.25, -0.2) is 5.01 Å². The van der Waals surface area contributed by atoms with Crippen molar-refractivity contribution in [1.29, 1.82) is 0 Å². The minimum atomic E-state index is -0.500. The fraction of sp³-hybridized carbons (Fsp3) is 0.391. The molecule has 4 rings (SSSR count). The molecular formula is C23H26N2O5. The summed E-state index contributed by atoms with van der Waals surface area (Å²) in [6, 6.07) is 14.8. The zero-order chi connectivity index (χ0) is 21.1. The van der Waals surface area contributed by atoms with Crippen molar-refractivity contribution in [3.63, 3.8) is 0 Å². The second-order valence-electron chi connectivity index (χ2n) is 7.57. The van der Waals surface area contributed by atoms with Gasteiger partial charge in [0.25, 0.3) is 11.8 Å². The summed E-state index contributed by atoms with van der Waals surface area (Å²) in [5.74, 6) is 0.719. The first-order valence-electron chi connectivity index (χ1n) is 10.1. The number of nitrogens with zero attached hydrogens (tertiary/aromatic N) is 2. The molecule has 2 aromatic carbocycles. The van der Waals surface area contributed by atoms with Gasteiger partial charge in [-0.3, -0.25) is 14.6 Å². The van der Waals surface area contributed by atoms with Gasteiger partial charge in [0.15, 0.2) is 18.3 Å². The lowest BCUT2D eigenvalue weighted by atomic mass is 9.95. The highest BCUT2D eigenvalue weighted by Crippen LogP contribution is 2.50. The van der Waals surface area contributed by atoms with Crippen molar-refractivity contribution in [2.45, 2.75) is 24.7 Å². The van der Waals surface area contributed by atoms with Crippen LogP contribution in [0.15, 0.2) is 48.5 Å². The predicted octanol–water partition coefficient (Wildman–Crippen LogP) is 3.00. The third-order valence-corrected chi connectivity index (χ3v) is 5.73. The van der Waals surface area contributed by atoms with Crippen LogP contribution < -0.4 is 9.47 Å². The van der Waals surface area contributed by atoms with Crippen molar-refractivity contribution in [2.24, 2.45) is 0 Å². The van der Waals surface area contributed by atoms with Gasteiger partial charge >= 0.3 is 0 Å². The summed E-state index contributed by atoms with van der Waals surface area (Å²) in [5.41, 5.74) is 0.969. The van der Waals surface area contributed by atoms with E-state index in [-0.39, 0.29) is 18.6 Å². The molecule has 1 heterocycles. The van der Waals surface area contributed by atoms with Gasteiger partial charge in [-0.15, -0.1) is 0 Å². The largest absolute Gasteiger partial charge is 0.493 e. The first-order valence-corrected chi connectivity index (χ1v) is 10.1. The average molecular weight is 410 g/mol. The van der Waals surface area contributed by atoms with E-state index in [0.29, 0.717) is 30.2 Å². The van der Waals surface area contributed by atoms with Gasteiger partial charge in [0, 0.05) is 25.8 Å². The van der Waals surface area contributed by atoms with E-state index in [1.165, 1.54) is 14.2 Å². The number of hydrogen-bond donors (Lipinski definition) is 0. The van der Waals surface area contributed by atoms with Gasteiger partial charge in [-0.2, -0.15) is 0 Å². The summed E-state index contributed by atoms with van der Waals surface area (Å²) in [6.07, 6.45) is 2.38. The number of rotatable bonds is 7. The molecule has 0 unspecified atom stereocenters. The Hall–Kier alpha value is -3.06. The van der Waals surface area contributed by atoms with Gasteiger partial charge in [-0.1, -0.05) is 30.3 Å². The smallest absolute Gasteiger partial charge is 0.272 e. The molecule has 0 bridgehead atoms. The summed E-state index contributed by atoms with van der Waals surface area (Å²) < 4.78 is 15.7. The second kappa shape index (κ2) is 8.36. The Morgan fingerprint density at radius 2 is 1.70 bits per heavy atom. The van der Waals surface area contributed by atoms with E-state index in [9.17, 15) is 9.59 Å². The van der Waals surface area contributed by atoms with E-state index in [1.807, 2.05) is 30.3 Å². The second-order valence-corrected chi connectivity index (χ2v) is 7.57. The lowest BCUT2D eigenvalue weighted by molar-refractivity contribution is -0.143. The van der Waals surface area contributed by atoms with Crippen molar-refractivity contribution < 1.29 is 23.8 Å². The van der Waals surface area contributed by atoms with Gasteiger partial charge in [0.1, 0.15) is 0 Å². The molecule has 1 aliphatic heterocycles. The van der Waals surface area contributed by atoms with Crippen LogP contribution in [0.5, 0.6) is 11.5 Å². The maximum absolute atomic E-state index is 13.4. The SMILES string of the molecule is COCOc1ccc(C(=O)N2CCCN2C(=O)C2(c3ccccc3)CC2)cc1OC. The lowest BCUT2D eigenvalue weighted by Gasteiger charge is -2.31. The molecule has 2 fully saturated rings. The summed E-state index contributed by atoms with van der Waals surface area (Å²) in [4.78, 5) is 26.7. The number of benzene rings is 2. The van der Waals surface area contributed by atoms with Crippen molar-refractivity contribution in [3.8, 4) is 11.5 Å². The Morgan fingerprint density at radius 1 is 0.967 bits per heavy atom. The molecule has 7 heteroatoms. The van der Waals surface area contributed by atoms with E-state index in [4.69, 9.17) is 14.2 Å². The Labute approximate surface area is 176 Å². The van der Waals surface area contributed by atoms with E-state index < -0.39 is 5.41 Å². The molecule has 2 aromatic rings. The summed E-state index contributed by atoms with van der Waals surface area (Å²) >= 11 is 0. The zero-order valence-corrected chi connectivity index (χ0v) is 17.3. The van der Waals surface area contributed by atoms with Crippen LogP contribution in [-0.2, 0) is 14.9 Å². The maximum atomic E-state index is 13.4. The molecule has 2 aliphatic rings. The highest BCUT2D eigenvalue weighted by Gasteiger charge is 2.54. The molecule has 30 heavy (non-hydrogen) atoms. The molecule has 7 nitrogen and oxygen atoms in total. The van der Waals surface area contributed by atoms with Gasteiger partial charge in [0.2, 0.25) is 0 Å². The third-order valence-electron chi connectivity index (χ3n) is 5.73. The monoisotopic (exact) mass is 410 g/mol. The van der Waals surface area contributed by atoms with Gasteiger partial charge < -0.3 is 14.2 Å². The number of methoxy groups -OCH3 is 2. The molecule has 0 spiro atoms. The fourth-order valence-corrected chi connectivity index (χ4v) is 3.98. The highest BCUT2D eigenvalue weighted by molar-refractivity contribution is 5.98. The zero-order valence-electron chi connectivity index (χ0n) is 17.3. The van der Waals surface area contributed by atoms with Crippen LogP contribution in [-0.4, -0.2) is 55.9 Å². The lowest BCUT2D eigenvalue weighted by Crippen LogP contribution is -2.48. The fourth-order valence-electron chi connectivity index (χ4n) is 3.98. The summed E-state index contributed by atoms with van der Waals surface area (Å²) in [7, 11) is 3.05. The highest BCUT2D eigenvalue weighted by atomic mass is 16.7. The quantitative estimate of drug-likeness (QED) is 0.657. The van der Waals surface area contributed by atoms with Crippen LogP contribution in [0.25, 0.3) is 0 Å². The number of carbonyl (C=O) groups excluding carboxylic acids is 2. The number of amides is 2. The van der Waals surface area contributed by atoms with Crippen LogP contribution in [0.3, 0.4) is 0 Å². The van der Waals surface area contributed by atoms with Crippen LogP contribution in [0.1, 0.15) is 35.2 Å². The summed E-state index contributed by atoms with van der Waals surface area (Å²) in [5, 5.41) is 3.19. The molecular weight excluding hydrogens is 384 g/mol. The normalized spacial score (nSPS) is 17.0. The number of carbonyl (C=O) groups is 2. The standard InChI is InChI=1S/C23H26N2O5/c1-28-16-30-19-10-9-17(15-20(19)29-2)21(26)24-13-6-14-25(24)22(27)23(11-12-23)18-7-4-3-5-8-18/h3-5,7-10,15H,6,11-14,16H2,1-2H3. The molecule has 0 atom stereocenters. The van der Waals surface area contributed by atoms with Crippen molar-refractivity contribution >= 4 is 11.8 Å². The van der Waals surface area contributed by atoms with Crippen LogP contribution >= 0.6 is 0 Å². The molecule has 1 saturated carbocycles. The van der Waals surface area contributed by atoms with Crippen LogP contribution in [0, 0.1) is 0 Å². The molecule has 0 radical (unpaired) electrons. The molecule has 0 aromatic heterocycles. The maximum Gasteiger partial charge on any atom is 0.272 e. The van der Waals surface area contributed by atoms with Crippen LogP contribution in [0.2, 0.25) is 0 Å². The number of hydrazine groups is 1. The molecule has 2 amide bonds. The van der Waals surface area contributed by atoms with Crippen molar-refractivity contribution in [1.82, 2.24) is 10.0 Å². The Balaban J connectivity index is 1.55. The first-order chi connectivity index (χ1) is 14.6. The van der Waals surface area contributed by atoms with Gasteiger partial charge in [-0.05, 0) is 43.0 Å². The number of hydrogen-bond acceptors (Lipinski definition) is 5. The minimum Gasteiger partial charge on any atom is -0.493 e. The number of ether oxygens (including phenoxy) is 3. The van der Waals surface area contributed by atoms with E-state index in [1.54, 1.807) is 28.2 Å². The topological polar surface area (TPSA) is 68.3 Å². The minimum absolute atomic E-state index is 0.00608. The predicted molar refractivity (Wildman–Crippen MR) is 110 cm³/mol. The third kappa shape index (κ3) is 3.61. The Kier molecular flexibility index (Phi) is 5.63. The molecule has 158 valence electrons. The van der Waals surface area contributed by atoms with Crippen molar-refractivity contribution in [2.75, 3.05) is 34.1 Å². The van der Waals surface area contributed by atoms with Gasteiger partial charge in [0.05, 0.1) is 12.5 Å².